The molecule has 0 saturated carbocycles. The van der Waals surface area contributed by atoms with Crippen LogP contribution in [0.3, 0.4) is 0 Å². The maximum atomic E-state index is 5.36. The van der Waals surface area contributed by atoms with E-state index < -0.39 is 0 Å². The summed E-state index contributed by atoms with van der Waals surface area (Å²) in [5, 5.41) is 9.38. The molecule has 0 N–H and O–H groups in total. The van der Waals surface area contributed by atoms with Crippen molar-refractivity contribution in [2.45, 2.75) is 45.8 Å². The summed E-state index contributed by atoms with van der Waals surface area (Å²) in [6.07, 6.45) is 2.12. The van der Waals surface area contributed by atoms with Crippen molar-refractivity contribution in [2.24, 2.45) is 0 Å². The molecule has 0 spiro atoms. The van der Waals surface area contributed by atoms with Gasteiger partial charge in [-0.2, -0.15) is 0 Å². The first kappa shape index (κ1) is 21.4. The highest BCUT2D eigenvalue weighted by molar-refractivity contribution is 5.64. The van der Waals surface area contributed by atoms with E-state index in [1.807, 2.05) is 12.1 Å². The van der Waals surface area contributed by atoms with Crippen LogP contribution in [0.2, 0.25) is 0 Å². The molecule has 0 bridgehead atoms. The number of ether oxygens (including phenoxy) is 1. The van der Waals surface area contributed by atoms with Gasteiger partial charge in [-0.15, -0.1) is 5.10 Å². The number of aryl methyl sites for hydroxylation is 1. The van der Waals surface area contributed by atoms with Crippen LogP contribution in [0, 0.1) is 6.92 Å². The second-order valence-corrected chi connectivity index (χ2v) is 8.79. The van der Waals surface area contributed by atoms with Crippen LogP contribution in [0.5, 0.6) is 5.75 Å². The lowest BCUT2D eigenvalue weighted by atomic mass is 9.99. The molecule has 0 saturated heterocycles. The van der Waals surface area contributed by atoms with E-state index in [0.717, 1.165) is 48.6 Å². The lowest BCUT2D eigenvalue weighted by molar-refractivity contribution is 0.168. The molecule has 3 aromatic carbocycles. The maximum absolute atomic E-state index is 5.36. The number of para-hydroxylation sites is 1. The lowest BCUT2D eigenvalue weighted by Crippen LogP contribution is -2.28. The Hall–Kier alpha value is -3.44. The van der Waals surface area contributed by atoms with Gasteiger partial charge in [0.2, 0.25) is 0 Å². The molecule has 5 nitrogen and oxygen atoms in total. The quantitative estimate of drug-likeness (QED) is 0.364. The van der Waals surface area contributed by atoms with Gasteiger partial charge in [0.15, 0.2) is 0 Å². The molecule has 5 rings (SSSR count). The third-order valence-corrected chi connectivity index (χ3v) is 6.49. The van der Waals surface area contributed by atoms with Crippen LogP contribution in [-0.2, 0) is 13.1 Å². The number of fused-ring (bicyclic) bond motifs is 3. The van der Waals surface area contributed by atoms with Gasteiger partial charge in [-0.3, -0.25) is 4.90 Å². The fourth-order valence-electron chi connectivity index (χ4n) is 4.76. The molecule has 0 fully saturated rings. The summed E-state index contributed by atoms with van der Waals surface area (Å²) in [6, 6.07) is 25.8. The van der Waals surface area contributed by atoms with Crippen LogP contribution < -0.4 is 4.74 Å². The molecule has 0 aliphatic carbocycles. The summed E-state index contributed by atoms with van der Waals surface area (Å²) in [5.41, 5.74) is 8.18. The highest BCUT2D eigenvalue weighted by atomic mass is 16.5. The Kier molecular flexibility index (Phi) is 5.97. The predicted octanol–water partition coefficient (Wildman–Crippen LogP) is 6.11. The summed E-state index contributed by atoms with van der Waals surface area (Å²) in [7, 11) is 1.71. The Morgan fingerprint density at radius 2 is 1.73 bits per heavy atom. The number of hydrogen-bond donors (Lipinski definition) is 0. The number of nitrogens with zero attached hydrogens (tertiary/aromatic N) is 4. The van der Waals surface area contributed by atoms with Crippen LogP contribution in [-0.4, -0.2) is 27.0 Å². The monoisotopic (exact) mass is 438 g/mol. The normalized spacial score (nSPS) is 15.5. The minimum atomic E-state index is 0.204. The van der Waals surface area contributed by atoms with Gasteiger partial charge in [0.25, 0.3) is 0 Å². The van der Waals surface area contributed by atoms with Gasteiger partial charge >= 0.3 is 0 Å². The third-order valence-electron chi connectivity index (χ3n) is 6.49. The van der Waals surface area contributed by atoms with Gasteiger partial charge in [0, 0.05) is 18.7 Å². The van der Waals surface area contributed by atoms with Gasteiger partial charge < -0.3 is 4.74 Å². The lowest BCUT2D eigenvalue weighted by Gasteiger charge is -2.30. The first-order chi connectivity index (χ1) is 16.2. The Balaban J connectivity index is 1.64. The molecule has 0 amide bonds. The predicted molar refractivity (Wildman–Crippen MR) is 131 cm³/mol. The van der Waals surface area contributed by atoms with Crippen molar-refractivity contribution in [1.29, 1.82) is 0 Å². The van der Waals surface area contributed by atoms with E-state index in [1.54, 1.807) is 7.11 Å². The highest BCUT2D eigenvalue weighted by Crippen LogP contribution is 2.39. The molecule has 1 aliphatic heterocycles. The van der Waals surface area contributed by atoms with Gasteiger partial charge in [-0.05, 0) is 42.7 Å². The minimum Gasteiger partial charge on any atom is -0.497 e. The smallest absolute Gasteiger partial charge is 0.118 e. The molecular weight excluding hydrogens is 408 g/mol. The van der Waals surface area contributed by atoms with E-state index in [1.165, 1.54) is 22.4 Å². The fourth-order valence-corrected chi connectivity index (χ4v) is 4.76. The molecule has 1 unspecified atom stereocenters. The van der Waals surface area contributed by atoms with Crippen molar-refractivity contribution in [3.63, 3.8) is 0 Å². The van der Waals surface area contributed by atoms with Gasteiger partial charge in [-0.25, -0.2) is 4.68 Å². The molecule has 1 aromatic heterocycles. The average molecular weight is 439 g/mol. The molecule has 0 radical (unpaired) electrons. The highest BCUT2D eigenvalue weighted by Gasteiger charge is 2.32. The molecule has 4 aromatic rings. The second-order valence-electron chi connectivity index (χ2n) is 8.79. The Bertz CT molecular complexity index is 1230. The number of hydrogen-bond acceptors (Lipinski definition) is 4. The summed E-state index contributed by atoms with van der Waals surface area (Å²) < 4.78 is 7.44. The van der Waals surface area contributed by atoms with Crippen LogP contribution in [0.1, 0.15) is 48.2 Å². The Labute approximate surface area is 195 Å². The molecule has 1 atom stereocenters. The number of methoxy groups -OCH3 is 1. The Morgan fingerprint density at radius 1 is 0.970 bits per heavy atom. The molecular formula is C28H30N4O. The van der Waals surface area contributed by atoms with Crippen molar-refractivity contribution in [3.8, 4) is 22.7 Å². The molecule has 2 heterocycles. The van der Waals surface area contributed by atoms with E-state index in [4.69, 9.17) is 9.84 Å². The van der Waals surface area contributed by atoms with Gasteiger partial charge in [0.1, 0.15) is 11.4 Å². The van der Waals surface area contributed by atoms with Crippen molar-refractivity contribution >= 4 is 0 Å². The van der Waals surface area contributed by atoms with E-state index in [9.17, 15) is 0 Å². The zero-order valence-electron chi connectivity index (χ0n) is 19.5. The largest absolute Gasteiger partial charge is 0.497 e. The number of benzene rings is 3. The van der Waals surface area contributed by atoms with E-state index >= 15 is 0 Å². The summed E-state index contributed by atoms with van der Waals surface area (Å²) in [5.74, 6) is 0.883. The summed E-state index contributed by atoms with van der Waals surface area (Å²) >= 11 is 0. The summed E-state index contributed by atoms with van der Waals surface area (Å²) in [4.78, 5) is 2.57. The van der Waals surface area contributed by atoms with E-state index in [-0.39, 0.29) is 6.04 Å². The van der Waals surface area contributed by atoms with Crippen molar-refractivity contribution in [2.75, 3.05) is 7.11 Å². The topological polar surface area (TPSA) is 43.2 Å². The maximum Gasteiger partial charge on any atom is 0.118 e. The molecule has 168 valence electrons. The summed E-state index contributed by atoms with van der Waals surface area (Å²) in [6.45, 7) is 6.08. The third kappa shape index (κ3) is 4.16. The molecule has 1 aliphatic rings. The SMILES string of the molecule is CCCC1c2c(-c3ccc(C)cc3)nnn2-c2ccccc2CN1Cc1ccc(OC)cc1. The van der Waals surface area contributed by atoms with Crippen molar-refractivity contribution in [1.82, 2.24) is 19.9 Å². The number of aromatic nitrogens is 3. The Morgan fingerprint density at radius 3 is 2.45 bits per heavy atom. The second kappa shape index (κ2) is 9.20. The molecule has 33 heavy (non-hydrogen) atoms. The average Bonchev–Trinajstić information content (AvgIpc) is 3.23. The number of rotatable bonds is 6. The minimum absolute atomic E-state index is 0.204. The fraction of sp³-hybridized carbons (Fsp3) is 0.286. The van der Waals surface area contributed by atoms with Crippen molar-refractivity contribution in [3.05, 3.63) is 95.2 Å². The van der Waals surface area contributed by atoms with Gasteiger partial charge in [0.05, 0.1) is 24.5 Å². The zero-order valence-corrected chi connectivity index (χ0v) is 19.5. The van der Waals surface area contributed by atoms with Crippen molar-refractivity contribution < 1.29 is 4.74 Å². The van der Waals surface area contributed by atoms with E-state index in [0.29, 0.717) is 0 Å². The standard InChI is InChI=1S/C28H30N4O/c1-4-7-26-28-27(22-14-10-20(2)11-15-22)29-30-32(28)25-9-6-5-8-23(25)19-31(26)18-21-12-16-24(33-3)17-13-21/h5-6,8-17,26H,4,7,18-19H2,1-3H3. The van der Waals surface area contributed by atoms with Crippen LogP contribution in [0.25, 0.3) is 16.9 Å². The zero-order chi connectivity index (χ0) is 22.8. The van der Waals surface area contributed by atoms with Gasteiger partial charge in [-0.1, -0.05) is 78.7 Å². The van der Waals surface area contributed by atoms with E-state index in [2.05, 4.69) is 89.3 Å². The van der Waals surface area contributed by atoms with Crippen LogP contribution >= 0.6 is 0 Å². The van der Waals surface area contributed by atoms with Crippen LogP contribution in [0.4, 0.5) is 0 Å². The first-order valence-electron chi connectivity index (χ1n) is 11.7. The van der Waals surface area contributed by atoms with Crippen LogP contribution in [0.15, 0.2) is 72.8 Å². The molecule has 5 heteroatoms. The first-order valence-corrected chi connectivity index (χ1v) is 11.7.